The van der Waals surface area contributed by atoms with Crippen LogP contribution in [0.3, 0.4) is 0 Å². The molecule has 110 valence electrons. The van der Waals surface area contributed by atoms with Crippen LogP contribution in [0.4, 0.5) is 11.4 Å². The first-order chi connectivity index (χ1) is 10.1. The van der Waals surface area contributed by atoms with Gasteiger partial charge in [-0.2, -0.15) is 0 Å². The molecule has 0 spiro atoms. The van der Waals surface area contributed by atoms with E-state index in [0.29, 0.717) is 10.7 Å². The van der Waals surface area contributed by atoms with Gasteiger partial charge in [0.05, 0.1) is 10.7 Å². The highest BCUT2D eigenvalue weighted by atomic mass is 35.5. The first kappa shape index (κ1) is 15.4. The van der Waals surface area contributed by atoms with Crippen LogP contribution in [0.15, 0.2) is 48.5 Å². The summed E-state index contributed by atoms with van der Waals surface area (Å²) >= 11 is 6.04. The summed E-state index contributed by atoms with van der Waals surface area (Å²) in [5.41, 5.74) is 2.80. The summed E-state index contributed by atoms with van der Waals surface area (Å²) in [5, 5.41) is 6.56. The Balaban J connectivity index is 2.01. The number of carbonyl (C=O) groups is 1. The largest absolute Gasteiger partial charge is 0.374 e. The summed E-state index contributed by atoms with van der Waals surface area (Å²) in [5.74, 6) is -0.120. The van der Waals surface area contributed by atoms with Crippen LogP contribution in [0.25, 0.3) is 0 Å². The second-order valence-corrected chi connectivity index (χ2v) is 5.30. The maximum Gasteiger partial charge on any atom is 0.246 e. The van der Waals surface area contributed by atoms with E-state index in [1.807, 2.05) is 31.2 Å². The van der Waals surface area contributed by atoms with Gasteiger partial charge in [-0.25, -0.2) is 0 Å². The molecule has 0 saturated carbocycles. The molecular weight excluding hydrogens is 284 g/mol. The maximum atomic E-state index is 12.2. The molecule has 1 atom stereocenters. The summed E-state index contributed by atoms with van der Waals surface area (Å²) in [7, 11) is 0. The van der Waals surface area contributed by atoms with Crippen LogP contribution in [-0.2, 0) is 11.2 Å². The fourth-order valence-corrected chi connectivity index (χ4v) is 2.18. The van der Waals surface area contributed by atoms with Gasteiger partial charge in [0.25, 0.3) is 0 Å². The Morgan fingerprint density at radius 2 is 1.95 bits per heavy atom. The van der Waals surface area contributed by atoms with Crippen LogP contribution in [0.2, 0.25) is 5.02 Å². The zero-order valence-corrected chi connectivity index (χ0v) is 12.9. The number of nitrogens with one attached hydrogen (secondary N) is 2. The standard InChI is InChI=1S/C17H19ClN2O/c1-3-13-7-6-8-14(11-13)19-12(2)17(21)20-16-10-5-4-9-15(16)18/h4-12,19H,3H2,1-2H3,(H,20,21). The average molecular weight is 303 g/mol. The van der Waals surface area contributed by atoms with E-state index >= 15 is 0 Å². The maximum absolute atomic E-state index is 12.2. The molecule has 1 amide bonds. The van der Waals surface area contributed by atoms with E-state index in [0.717, 1.165) is 12.1 Å². The smallest absolute Gasteiger partial charge is 0.246 e. The minimum Gasteiger partial charge on any atom is -0.374 e. The lowest BCUT2D eigenvalue weighted by Gasteiger charge is -2.16. The van der Waals surface area contributed by atoms with Crippen LogP contribution in [0.5, 0.6) is 0 Å². The Kier molecular flexibility index (Phi) is 5.23. The highest BCUT2D eigenvalue weighted by Gasteiger charge is 2.14. The third-order valence-corrected chi connectivity index (χ3v) is 3.57. The quantitative estimate of drug-likeness (QED) is 0.862. The van der Waals surface area contributed by atoms with E-state index in [1.165, 1.54) is 5.56 Å². The Morgan fingerprint density at radius 3 is 2.67 bits per heavy atom. The molecule has 2 aromatic carbocycles. The van der Waals surface area contributed by atoms with Crippen LogP contribution < -0.4 is 10.6 Å². The second kappa shape index (κ2) is 7.14. The molecule has 0 aliphatic carbocycles. The first-order valence-corrected chi connectivity index (χ1v) is 7.39. The van der Waals surface area contributed by atoms with Gasteiger partial charge in [-0.1, -0.05) is 42.8 Å². The van der Waals surface area contributed by atoms with E-state index in [4.69, 9.17) is 11.6 Å². The Labute approximate surface area is 130 Å². The van der Waals surface area contributed by atoms with Crippen LogP contribution in [0, 0.1) is 0 Å². The number of para-hydroxylation sites is 1. The Hall–Kier alpha value is -2.00. The fraction of sp³-hybridized carbons (Fsp3) is 0.235. The average Bonchev–Trinajstić information content (AvgIpc) is 2.49. The molecule has 0 heterocycles. The molecule has 0 bridgehead atoms. The molecule has 2 aromatic rings. The lowest BCUT2D eigenvalue weighted by Crippen LogP contribution is -2.31. The zero-order valence-electron chi connectivity index (χ0n) is 12.2. The van der Waals surface area contributed by atoms with Crippen molar-refractivity contribution in [1.82, 2.24) is 0 Å². The molecule has 0 saturated heterocycles. The Morgan fingerprint density at radius 1 is 1.19 bits per heavy atom. The van der Waals surface area contributed by atoms with Crippen molar-refractivity contribution in [2.75, 3.05) is 10.6 Å². The van der Waals surface area contributed by atoms with E-state index < -0.39 is 0 Å². The number of aryl methyl sites for hydroxylation is 1. The second-order valence-electron chi connectivity index (χ2n) is 4.89. The minimum absolute atomic E-state index is 0.120. The molecule has 2 rings (SSSR count). The summed E-state index contributed by atoms with van der Waals surface area (Å²) < 4.78 is 0. The molecule has 0 radical (unpaired) electrons. The Bertz CT molecular complexity index is 628. The van der Waals surface area contributed by atoms with Gasteiger partial charge in [-0.15, -0.1) is 0 Å². The molecule has 3 nitrogen and oxygen atoms in total. The number of carbonyl (C=O) groups excluding carboxylic acids is 1. The van der Waals surface area contributed by atoms with Gasteiger partial charge in [0.15, 0.2) is 0 Å². The number of hydrogen-bond acceptors (Lipinski definition) is 2. The molecule has 0 fully saturated rings. The molecule has 2 N–H and O–H groups in total. The van der Waals surface area contributed by atoms with Crippen molar-refractivity contribution in [2.45, 2.75) is 26.3 Å². The number of anilines is 2. The molecule has 1 unspecified atom stereocenters. The third kappa shape index (κ3) is 4.23. The third-order valence-electron chi connectivity index (χ3n) is 3.24. The van der Waals surface area contributed by atoms with E-state index in [1.54, 1.807) is 12.1 Å². The number of amides is 1. The predicted octanol–water partition coefficient (Wildman–Crippen LogP) is 4.34. The van der Waals surface area contributed by atoms with E-state index in [-0.39, 0.29) is 11.9 Å². The van der Waals surface area contributed by atoms with Crippen molar-refractivity contribution < 1.29 is 4.79 Å². The van der Waals surface area contributed by atoms with Gasteiger partial charge >= 0.3 is 0 Å². The predicted molar refractivity (Wildman–Crippen MR) is 89.0 cm³/mol. The molecule has 0 aromatic heterocycles. The van der Waals surface area contributed by atoms with Crippen molar-refractivity contribution in [3.05, 3.63) is 59.1 Å². The number of benzene rings is 2. The molecular formula is C17H19ClN2O. The fourth-order valence-electron chi connectivity index (χ4n) is 2.00. The van der Waals surface area contributed by atoms with Gasteiger partial charge in [-0.05, 0) is 43.2 Å². The van der Waals surface area contributed by atoms with Crippen molar-refractivity contribution >= 4 is 28.9 Å². The van der Waals surface area contributed by atoms with Gasteiger partial charge in [0.2, 0.25) is 5.91 Å². The van der Waals surface area contributed by atoms with Crippen molar-refractivity contribution in [3.8, 4) is 0 Å². The van der Waals surface area contributed by atoms with Gasteiger partial charge in [-0.3, -0.25) is 4.79 Å². The lowest BCUT2D eigenvalue weighted by molar-refractivity contribution is -0.116. The van der Waals surface area contributed by atoms with E-state index in [2.05, 4.69) is 29.7 Å². The normalized spacial score (nSPS) is 11.8. The SMILES string of the molecule is CCc1cccc(NC(C)C(=O)Nc2ccccc2Cl)c1. The van der Waals surface area contributed by atoms with E-state index in [9.17, 15) is 4.79 Å². The summed E-state index contributed by atoms with van der Waals surface area (Å²) in [6.45, 7) is 3.93. The number of hydrogen-bond donors (Lipinski definition) is 2. The highest BCUT2D eigenvalue weighted by Crippen LogP contribution is 2.21. The van der Waals surface area contributed by atoms with Crippen molar-refractivity contribution in [2.24, 2.45) is 0 Å². The van der Waals surface area contributed by atoms with Gasteiger partial charge in [0.1, 0.15) is 6.04 Å². The van der Waals surface area contributed by atoms with Gasteiger partial charge in [0, 0.05) is 5.69 Å². The van der Waals surface area contributed by atoms with Gasteiger partial charge < -0.3 is 10.6 Å². The monoisotopic (exact) mass is 302 g/mol. The summed E-state index contributed by atoms with van der Waals surface area (Å²) in [6.07, 6.45) is 0.968. The summed E-state index contributed by atoms with van der Waals surface area (Å²) in [4.78, 5) is 12.2. The zero-order chi connectivity index (χ0) is 15.2. The molecule has 21 heavy (non-hydrogen) atoms. The topological polar surface area (TPSA) is 41.1 Å². The first-order valence-electron chi connectivity index (χ1n) is 7.01. The van der Waals surface area contributed by atoms with Crippen molar-refractivity contribution in [3.63, 3.8) is 0 Å². The summed E-state index contributed by atoms with van der Waals surface area (Å²) in [6, 6.07) is 14.9. The molecule has 0 aliphatic heterocycles. The number of rotatable bonds is 5. The van der Waals surface area contributed by atoms with Crippen LogP contribution >= 0.6 is 11.6 Å². The minimum atomic E-state index is -0.353. The highest BCUT2D eigenvalue weighted by molar-refractivity contribution is 6.33. The van der Waals surface area contributed by atoms with Crippen molar-refractivity contribution in [1.29, 1.82) is 0 Å². The van der Waals surface area contributed by atoms with Crippen LogP contribution in [0.1, 0.15) is 19.4 Å². The molecule has 0 aliphatic rings. The van der Waals surface area contributed by atoms with Crippen LogP contribution in [-0.4, -0.2) is 11.9 Å². The number of halogens is 1. The molecule has 4 heteroatoms. The lowest BCUT2D eigenvalue weighted by atomic mass is 10.1.